The normalized spacial score (nSPS) is 14.4. The standard InChI is InChI=1S/C33H40BrN3O6S/c1-42-28-17-18-29(31(21-28)43-2)37(44(3,40)41)23-32(38)36(22-25-13-10-14-26(34)19-25)30(20-24-11-6-4-7-12-24)33(39)35-27-15-8-5-9-16-27/h4,6-7,10-14,17-19,21,27,30H,5,8-9,15-16,20,22-23H2,1-3H3,(H,35,39)/t30-/m0/s1. The van der Waals surface area contributed by atoms with Gasteiger partial charge in [0, 0.05) is 29.5 Å². The number of carbonyl (C=O) groups excluding carboxylic acids is 2. The van der Waals surface area contributed by atoms with Gasteiger partial charge >= 0.3 is 0 Å². The number of sulfonamides is 1. The summed E-state index contributed by atoms with van der Waals surface area (Å²) in [6.07, 6.45) is 6.32. The molecule has 1 fully saturated rings. The molecule has 0 unspecified atom stereocenters. The van der Waals surface area contributed by atoms with Gasteiger partial charge in [0.1, 0.15) is 24.1 Å². The van der Waals surface area contributed by atoms with Crippen molar-refractivity contribution in [3.05, 3.63) is 88.4 Å². The molecule has 0 spiro atoms. The van der Waals surface area contributed by atoms with E-state index in [4.69, 9.17) is 9.47 Å². The molecule has 0 bridgehead atoms. The second-order valence-electron chi connectivity index (χ2n) is 11.0. The summed E-state index contributed by atoms with van der Waals surface area (Å²) in [5, 5.41) is 3.21. The molecular weight excluding hydrogens is 646 g/mol. The lowest BCUT2D eigenvalue weighted by Gasteiger charge is -2.35. The van der Waals surface area contributed by atoms with Crippen LogP contribution in [0.4, 0.5) is 5.69 Å². The fourth-order valence-electron chi connectivity index (χ4n) is 5.52. The Morgan fingerprint density at radius 3 is 2.27 bits per heavy atom. The molecule has 1 aliphatic carbocycles. The minimum absolute atomic E-state index is 0.0356. The fourth-order valence-corrected chi connectivity index (χ4v) is 6.82. The van der Waals surface area contributed by atoms with Gasteiger partial charge in [0.2, 0.25) is 21.8 Å². The molecule has 2 amide bonds. The van der Waals surface area contributed by atoms with Crippen LogP contribution in [0.5, 0.6) is 11.5 Å². The average Bonchev–Trinajstić information content (AvgIpc) is 3.01. The quantitative estimate of drug-likeness (QED) is 0.261. The first kappa shape index (κ1) is 33.3. The van der Waals surface area contributed by atoms with Crippen LogP contribution in [0.1, 0.15) is 43.2 Å². The van der Waals surface area contributed by atoms with Crippen molar-refractivity contribution in [1.29, 1.82) is 0 Å². The number of carbonyl (C=O) groups is 2. The summed E-state index contributed by atoms with van der Waals surface area (Å²) in [4.78, 5) is 29.9. The number of hydrogen-bond acceptors (Lipinski definition) is 6. The van der Waals surface area contributed by atoms with Crippen molar-refractivity contribution in [2.75, 3.05) is 31.3 Å². The maximum Gasteiger partial charge on any atom is 0.244 e. The monoisotopic (exact) mass is 685 g/mol. The Labute approximate surface area is 268 Å². The van der Waals surface area contributed by atoms with E-state index in [-0.39, 0.29) is 36.4 Å². The average molecular weight is 687 g/mol. The van der Waals surface area contributed by atoms with Crippen molar-refractivity contribution in [1.82, 2.24) is 10.2 Å². The first-order valence-electron chi connectivity index (χ1n) is 14.7. The summed E-state index contributed by atoms with van der Waals surface area (Å²) >= 11 is 3.50. The number of halogens is 1. The van der Waals surface area contributed by atoms with E-state index in [9.17, 15) is 18.0 Å². The van der Waals surface area contributed by atoms with E-state index in [1.807, 2.05) is 54.6 Å². The zero-order valence-electron chi connectivity index (χ0n) is 25.4. The van der Waals surface area contributed by atoms with E-state index in [1.165, 1.54) is 19.1 Å². The molecule has 236 valence electrons. The number of nitrogens with zero attached hydrogens (tertiary/aromatic N) is 2. The Kier molecular flexibility index (Phi) is 11.7. The minimum atomic E-state index is -3.95. The van der Waals surface area contributed by atoms with Crippen molar-refractivity contribution < 1.29 is 27.5 Å². The largest absolute Gasteiger partial charge is 0.497 e. The van der Waals surface area contributed by atoms with E-state index in [2.05, 4.69) is 21.2 Å². The summed E-state index contributed by atoms with van der Waals surface area (Å²) in [5.41, 5.74) is 1.88. The molecule has 11 heteroatoms. The molecule has 9 nitrogen and oxygen atoms in total. The van der Waals surface area contributed by atoms with Crippen LogP contribution in [0.2, 0.25) is 0 Å². The highest BCUT2D eigenvalue weighted by Gasteiger charge is 2.34. The maximum atomic E-state index is 14.4. The first-order valence-corrected chi connectivity index (χ1v) is 17.3. The molecule has 44 heavy (non-hydrogen) atoms. The Morgan fingerprint density at radius 1 is 0.932 bits per heavy atom. The van der Waals surface area contributed by atoms with Gasteiger partial charge in [-0.15, -0.1) is 0 Å². The van der Waals surface area contributed by atoms with Crippen LogP contribution in [0.3, 0.4) is 0 Å². The Balaban J connectivity index is 1.75. The summed E-state index contributed by atoms with van der Waals surface area (Å²) in [6.45, 7) is -0.428. The zero-order valence-corrected chi connectivity index (χ0v) is 27.8. The Hall–Kier alpha value is -3.57. The van der Waals surface area contributed by atoms with Crippen LogP contribution in [0, 0.1) is 0 Å². The van der Waals surface area contributed by atoms with Crippen molar-refractivity contribution in [3.8, 4) is 11.5 Å². The van der Waals surface area contributed by atoms with E-state index in [0.717, 1.165) is 58.3 Å². The van der Waals surface area contributed by atoms with Crippen molar-refractivity contribution in [2.24, 2.45) is 0 Å². The molecule has 0 heterocycles. The number of ether oxygens (including phenoxy) is 2. The van der Waals surface area contributed by atoms with Gasteiger partial charge in [-0.1, -0.05) is 77.7 Å². The molecule has 3 aromatic rings. The number of methoxy groups -OCH3 is 2. The van der Waals surface area contributed by atoms with Gasteiger partial charge in [0.05, 0.1) is 26.2 Å². The first-order chi connectivity index (χ1) is 21.1. The predicted octanol–water partition coefficient (Wildman–Crippen LogP) is 5.32. The van der Waals surface area contributed by atoms with Crippen molar-refractivity contribution in [2.45, 2.75) is 57.2 Å². The third-order valence-electron chi connectivity index (χ3n) is 7.80. The lowest BCUT2D eigenvalue weighted by Crippen LogP contribution is -2.55. The fraction of sp³-hybridized carbons (Fsp3) is 0.394. The van der Waals surface area contributed by atoms with Crippen LogP contribution in [-0.4, -0.2) is 64.2 Å². The van der Waals surface area contributed by atoms with Crippen molar-refractivity contribution in [3.63, 3.8) is 0 Å². The van der Waals surface area contributed by atoms with Gasteiger partial charge < -0.3 is 19.7 Å². The van der Waals surface area contributed by atoms with E-state index < -0.39 is 28.5 Å². The SMILES string of the molecule is COc1ccc(N(CC(=O)N(Cc2cccc(Br)c2)[C@@H](Cc2ccccc2)C(=O)NC2CCCCC2)S(C)(=O)=O)c(OC)c1. The Morgan fingerprint density at radius 2 is 1.64 bits per heavy atom. The number of amides is 2. The summed E-state index contributed by atoms with van der Waals surface area (Å²) in [5.74, 6) is -0.0639. The molecule has 1 saturated carbocycles. The second kappa shape index (κ2) is 15.4. The molecule has 1 N–H and O–H groups in total. The number of anilines is 1. The van der Waals surface area contributed by atoms with Crippen molar-refractivity contribution >= 4 is 43.5 Å². The summed E-state index contributed by atoms with van der Waals surface area (Å²) in [6, 6.07) is 20.9. The van der Waals surface area contributed by atoms with Gasteiger partial charge in [-0.2, -0.15) is 0 Å². The highest BCUT2D eigenvalue weighted by atomic mass is 79.9. The van der Waals surface area contributed by atoms with E-state index >= 15 is 0 Å². The number of nitrogens with one attached hydrogen (secondary N) is 1. The second-order valence-corrected chi connectivity index (χ2v) is 13.8. The van der Waals surface area contributed by atoms with Crippen LogP contribution in [0.25, 0.3) is 0 Å². The molecule has 0 saturated heterocycles. The van der Waals surface area contributed by atoms with Gasteiger partial charge in [0.15, 0.2) is 0 Å². The van der Waals surface area contributed by atoms with Crippen LogP contribution in [0.15, 0.2) is 77.3 Å². The molecule has 3 aromatic carbocycles. The van der Waals surface area contributed by atoms with E-state index in [0.29, 0.717) is 5.75 Å². The highest BCUT2D eigenvalue weighted by Crippen LogP contribution is 2.34. The maximum absolute atomic E-state index is 14.4. The molecule has 0 aliphatic heterocycles. The molecular formula is C33H40BrN3O6S. The molecule has 4 rings (SSSR count). The molecule has 0 radical (unpaired) electrons. The van der Waals surface area contributed by atoms with Crippen LogP contribution in [-0.2, 0) is 32.6 Å². The minimum Gasteiger partial charge on any atom is -0.497 e. The molecule has 1 atom stereocenters. The molecule has 0 aromatic heterocycles. The van der Waals surface area contributed by atoms with Crippen LogP contribution < -0.4 is 19.1 Å². The van der Waals surface area contributed by atoms with Crippen LogP contribution >= 0.6 is 15.9 Å². The lowest BCUT2D eigenvalue weighted by atomic mass is 9.94. The zero-order chi connectivity index (χ0) is 31.7. The molecule has 1 aliphatic rings. The van der Waals surface area contributed by atoms with Gasteiger partial charge in [-0.3, -0.25) is 13.9 Å². The third kappa shape index (κ3) is 8.98. The summed E-state index contributed by atoms with van der Waals surface area (Å²) in [7, 11) is -1.03. The highest BCUT2D eigenvalue weighted by molar-refractivity contribution is 9.10. The number of hydrogen-bond donors (Lipinski definition) is 1. The van der Waals surface area contributed by atoms with Gasteiger partial charge in [-0.25, -0.2) is 8.42 Å². The van der Waals surface area contributed by atoms with Gasteiger partial charge in [-0.05, 0) is 48.2 Å². The predicted molar refractivity (Wildman–Crippen MR) is 175 cm³/mol. The number of benzene rings is 3. The third-order valence-corrected chi connectivity index (χ3v) is 9.42. The number of rotatable bonds is 13. The van der Waals surface area contributed by atoms with Gasteiger partial charge in [0.25, 0.3) is 0 Å². The smallest absolute Gasteiger partial charge is 0.244 e. The van der Waals surface area contributed by atoms with E-state index in [1.54, 1.807) is 18.2 Å². The summed E-state index contributed by atoms with van der Waals surface area (Å²) < 4.78 is 38.9. The Bertz CT molecular complexity index is 1530. The topological polar surface area (TPSA) is 105 Å². The lowest BCUT2D eigenvalue weighted by molar-refractivity contribution is -0.140.